The molecule has 0 aromatic heterocycles. The second-order valence-electron chi connectivity index (χ2n) is 3.56. The number of carbonyl (C=O) groups excluding carboxylic acids is 1. The summed E-state index contributed by atoms with van der Waals surface area (Å²) in [6, 6.07) is 7.94. The van der Waals surface area contributed by atoms with Gasteiger partial charge in [-0.25, -0.2) is 4.79 Å². The first-order valence-corrected chi connectivity index (χ1v) is 4.63. The molecule has 14 heavy (non-hydrogen) atoms. The highest BCUT2D eigenvalue weighted by Crippen LogP contribution is 2.33. The quantitative estimate of drug-likeness (QED) is 0.500. The summed E-state index contributed by atoms with van der Waals surface area (Å²) in [5, 5.41) is 0. The van der Waals surface area contributed by atoms with Crippen molar-refractivity contribution in [1.29, 1.82) is 0 Å². The van der Waals surface area contributed by atoms with Crippen LogP contribution in [0.5, 0.6) is 0 Å². The minimum Gasteiger partial charge on any atom is -0.454 e. The predicted molar refractivity (Wildman–Crippen MR) is 53.8 cm³/mol. The van der Waals surface area contributed by atoms with E-state index in [1.807, 2.05) is 31.2 Å². The Morgan fingerprint density at radius 1 is 1.43 bits per heavy atom. The highest BCUT2D eigenvalue weighted by atomic mass is 16.5. The standard InChI is InChI=1S/C12H12O2/c1-8-5-3-4-6-10(8)11-7-9(2)12(13)14-11/h3-6,11H,2,7H2,1H3/t11-/m0/s1. The van der Waals surface area contributed by atoms with Crippen LogP contribution in [0.1, 0.15) is 23.7 Å². The van der Waals surface area contributed by atoms with Crippen LogP contribution in [0.25, 0.3) is 0 Å². The van der Waals surface area contributed by atoms with E-state index < -0.39 is 0 Å². The Balaban J connectivity index is 2.30. The van der Waals surface area contributed by atoms with E-state index in [-0.39, 0.29) is 12.1 Å². The zero-order valence-electron chi connectivity index (χ0n) is 8.12. The van der Waals surface area contributed by atoms with Crippen molar-refractivity contribution in [3.05, 3.63) is 47.5 Å². The van der Waals surface area contributed by atoms with Crippen molar-refractivity contribution in [3.8, 4) is 0 Å². The summed E-state index contributed by atoms with van der Waals surface area (Å²) in [6.45, 7) is 5.68. The maximum Gasteiger partial charge on any atom is 0.334 e. The van der Waals surface area contributed by atoms with Crippen LogP contribution >= 0.6 is 0 Å². The molecule has 0 N–H and O–H groups in total. The van der Waals surface area contributed by atoms with Gasteiger partial charge in [0, 0.05) is 12.0 Å². The molecule has 1 aliphatic rings. The van der Waals surface area contributed by atoms with Crippen LogP contribution in [0.3, 0.4) is 0 Å². The maximum absolute atomic E-state index is 11.1. The molecule has 0 unspecified atom stereocenters. The van der Waals surface area contributed by atoms with Gasteiger partial charge in [0.25, 0.3) is 0 Å². The molecular weight excluding hydrogens is 176 g/mol. The maximum atomic E-state index is 11.1. The van der Waals surface area contributed by atoms with Gasteiger partial charge in [0.15, 0.2) is 0 Å². The van der Waals surface area contributed by atoms with Crippen LogP contribution in [0.4, 0.5) is 0 Å². The van der Waals surface area contributed by atoms with E-state index in [0.717, 1.165) is 11.1 Å². The van der Waals surface area contributed by atoms with Gasteiger partial charge in [0.05, 0.1) is 0 Å². The van der Waals surface area contributed by atoms with E-state index in [2.05, 4.69) is 6.58 Å². The van der Waals surface area contributed by atoms with Crippen molar-refractivity contribution in [1.82, 2.24) is 0 Å². The Kier molecular flexibility index (Phi) is 2.12. The molecule has 1 heterocycles. The molecule has 1 aromatic rings. The van der Waals surface area contributed by atoms with Crippen molar-refractivity contribution < 1.29 is 9.53 Å². The van der Waals surface area contributed by atoms with Crippen LogP contribution in [0.15, 0.2) is 36.4 Å². The van der Waals surface area contributed by atoms with E-state index in [1.165, 1.54) is 0 Å². The second kappa shape index (κ2) is 3.29. The van der Waals surface area contributed by atoms with Crippen LogP contribution in [-0.4, -0.2) is 5.97 Å². The van der Waals surface area contributed by atoms with Gasteiger partial charge in [-0.1, -0.05) is 30.8 Å². The van der Waals surface area contributed by atoms with Gasteiger partial charge in [-0.15, -0.1) is 0 Å². The normalized spacial score (nSPS) is 21.1. The average molecular weight is 188 g/mol. The fourth-order valence-electron chi connectivity index (χ4n) is 1.68. The number of esters is 1. The third-order valence-corrected chi connectivity index (χ3v) is 2.51. The van der Waals surface area contributed by atoms with Gasteiger partial charge < -0.3 is 4.74 Å². The minimum absolute atomic E-state index is 0.129. The SMILES string of the molecule is C=C1C[C@@H](c2ccccc2C)OC1=O. The third-order valence-electron chi connectivity index (χ3n) is 2.51. The Morgan fingerprint density at radius 3 is 2.71 bits per heavy atom. The molecular formula is C12H12O2. The van der Waals surface area contributed by atoms with Crippen molar-refractivity contribution in [2.75, 3.05) is 0 Å². The molecule has 1 aromatic carbocycles. The second-order valence-corrected chi connectivity index (χ2v) is 3.56. The summed E-state index contributed by atoms with van der Waals surface area (Å²) < 4.78 is 5.20. The molecule has 0 bridgehead atoms. The first-order chi connectivity index (χ1) is 6.68. The minimum atomic E-state index is -0.266. The molecule has 1 atom stereocenters. The number of ether oxygens (including phenoxy) is 1. The number of hydrogen-bond donors (Lipinski definition) is 0. The molecule has 2 rings (SSSR count). The molecule has 2 nitrogen and oxygen atoms in total. The highest BCUT2D eigenvalue weighted by Gasteiger charge is 2.29. The van der Waals surface area contributed by atoms with Gasteiger partial charge in [0.1, 0.15) is 6.10 Å². The summed E-state index contributed by atoms with van der Waals surface area (Å²) in [4.78, 5) is 11.1. The van der Waals surface area contributed by atoms with Crippen LogP contribution in [0.2, 0.25) is 0 Å². The fourth-order valence-corrected chi connectivity index (χ4v) is 1.68. The van der Waals surface area contributed by atoms with Crippen molar-refractivity contribution >= 4 is 5.97 Å². The zero-order valence-corrected chi connectivity index (χ0v) is 8.12. The Bertz CT molecular complexity index is 377. The van der Waals surface area contributed by atoms with Crippen LogP contribution in [0, 0.1) is 6.92 Å². The number of aryl methyl sites for hydroxylation is 1. The van der Waals surface area contributed by atoms with E-state index in [1.54, 1.807) is 0 Å². The summed E-state index contributed by atoms with van der Waals surface area (Å²) >= 11 is 0. The van der Waals surface area contributed by atoms with Gasteiger partial charge >= 0.3 is 5.97 Å². The Morgan fingerprint density at radius 2 is 2.14 bits per heavy atom. The number of rotatable bonds is 1. The summed E-state index contributed by atoms with van der Waals surface area (Å²) in [5.74, 6) is -0.266. The van der Waals surface area contributed by atoms with Crippen LogP contribution < -0.4 is 0 Å². The number of hydrogen-bond acceptors (Lipinski definition) is 2. The highest BCUT2D eigenvalue weighted by molar-refractivity contribution is 5.90. The van der Waals surface area contributed by atoms with E-state index in [9.17, 15) is 4.79 Å². The largest absolute Gasteiger partial charge is 0.454 e. The number of cyclic esters (lactones) is 1. The molecule has 1 aliphatic heterocycles. The summed E-state index contributed by atoms with van der Waals surface area (Å²) in [6.07, 6.45) is 0.486. The first-order valence-electron chi connectivity index (χ1n) is 4.63. The molecule has 0 saturated carbocycles. The van der Waals surface area contributed by atoms with E-state index in [0.29, 0.717) is 12.0 Å². The average Bonchev–Trinajstić information content (AvgIpc) is 2.48. The lowest BCUT2D eigenvalue weighted by molar-refractivity contribution is -0.139. The van der Waals surface area contributed by atoms with E-state index in [4.69, 9.17) is 4.74 Å². The Hall–Kier alpha value is -1.57. The summed E-state index contributed by atoms with van der Waals surface area (Å²) in [5.41, 5.74) is 2.80. The van der Waals surface area contributed by atoms with Gasteiger partial charge in [-0.05, 0) is 18.1 Å². The zero-order chi connectivity index (χ0) is 10.1. The molecule has 1 saturated heterocycles. The number of benzene rings is 1. The van der Waals surface area contributed by atoms with Gasteiger partial charge in [-0.3, -0.25) is 0 Å². The van der Waals surface area contributed by atoms with Gasteiger partial charge in [0.2, 0.25) is 0 Å². The lowest BCUT2D eigenvalue weighted by atomic mass is 10.0. The molecule has 2 heteroatoms. The van der Waals surface area contributed by atoms with Crippen molar-refractivity contribution in [3.63, 3.8) is 0 Å². The molecule has 0 aliphatic carbocycles. The van der Waals surface area contributed by atoms with E-state index >= 15 is 0 Å². The monoisotopic (exact) mass is 188 g/mol. The first kappa shape index (κ1) is 9.00. The van der Waals surface area contributed by atoms with Crippen molar-refractivity contribution in [2.24, 2.45) is 0 Å². The fraction of sp³-hybridized carbons (Fsp3) is 0.250. The topological polar surface area (TPSA) is 26.3 Å². The molecule has 1 fully saturated rings. The third kappa shape index (κ3) is 1.43. The predicted octanol–water partition coefficient (Wildman–Crippen LogP) is 2.54. The van der Waals surface area contributed by atoms with Gasteiger partial charge in [-0.2, -0.15) is 0 Å². The Labute approximate surface area is 83.2 Å². The van der Waals surface area contributed by atoms with Crippen molar-refractivity contribution in [2.45, 2.75) is 19.4 Å². The molecule has 0 radical (unpaired) electrons. The molecule has 0 spiro atoms. The molecule has 72 valence electrons. The summed E-state index contributed by atoms with van der Waals surface area (Å²) in [7, 11) is 0. The van der Waals surface area contributed by atoms with Crippen LogP contribution in [-0.2, 0) is 9.53 Å². The lowest BCUT2D eigenvalue weighted by Crippen LogP contribution is -2.00. The molecule has 0 amide bonds. The smallest absolute Gasteiger partial charge is 0.334 e. The lowest BCUT2D eigenvalue weighted by Gasteiger charge is -2.11. The number of carbonyl (C=O) groups is 1.